The van der Waals surface area contributed by atoms with Crippen molar-refractivity contribution in [2.45, 2.75) is 17.7 Å². The summed E-state index contributed by atoms with van der Waals surface area (Å²) in [4.78, 5) is 12.2. The molecule has 0 aliphatic heterocycles. The van der Waals surface area contributed by atoms with E-state index in [1.807, 2.05) is 6.92 Å². The van der Waals surface area contributed by atoms with Gasteiger partial charge in [0.05, 0.1) is 6.26 Å². The minimum atomic E-state index is -3.18. The Morgan fingerprint density at radius 3 is 2.58 bits per heavy atom. The summed E-state index contributed by atoms with van der Waals surface area (Å²) in [5.41, 5.74) is 1.45. The molecule has 2 aromatic rings. The van der Waals surface area contributed by atoms with Crippen molar-refractivity contribution in [2.24, 2.45) is 0 Å². The molecule has 0 fully saturated rings. The zero-order chi connectivity index (χ0) is 17.6. The topological polar surface area (TPSA) is 101 Å². The molecule has 0 aliphatic carbocycles. The van der Waals surface area contributed by atoms with Gasteiger partial charge in [-0.25, -0.2) is 13.1 Å². The summed E-state index contributed by atoms with van der Waals surface area (Å²) in [5, 5.41) is 11.1. The fourth-order valence-electron chi connectivity index (χ4n) is 1.81. The maximum Gasteiger partial charge on any atom is 0.257 e. The highest BCUT2D eigenvalue weighted by atomic mass is 32.2. The summed E-state index contributed by atoms with van der Waals surface area (Å²) in [6.45, 7) is 2.35. The van der Waals surface area contributed by atoms with Crippen LogP contribution in [0.1, 0.15) is 22.8 Å². The second-order valence-corrected chi connectivity index (χ2v) is 9.20. The lowest BCUT2D eigenvalue weighted by Gasteiger charge is -2.05. The number of sulfonamides is 1. The number of thioether (sulfide) groups is 1. The second kappa shape index (κ2) is 8.56. The summed E-state index contributed by atoms with van der Waals surface area (Å²) in [5.74, 6) is 0.651. The van der Waals surface area contributed by atoms with E-state index < -0.39 is 10.0 Å². The maximum absolute atomic E-state index is 12.2. The van der Waals surface area contributed by atoms with Crippen molar-refractivity contribution in [3.8, 4) is 0 Å². The summed E-state index contributed by atoms with van der Waals surface area (Å²) >= 11 is 2.92. The molecule has 0 saturated heterocycles. The second-order valence-electron chi connectivity index (χ2n) is 4.87. The van der Waals surface area contributed by atoms with E-state index in [1.54, 1.807) is 36.0 Å². The summed E-state index contributed by atoms with van der Waals surface area (Å²) in [7, 11) is -3.18. The first-order chi connectivity index (χ1) is 11.4. The van der Waals surface area contributed by atoms with Crippen LogP contribution in [-0.4, -0.2) is 43.1 Å². The zero-order valence-electron chi connectivity index (χ0n) is 13.3. The first kappa shape index (κ1) is 18.8. The molecule has 2 rings (SSSR count). The number of carbonyl (C=O) groups is 1. The number of rotatable bonds is 8. The SMILES string of the molecule is CCSc1nnc(NC(=O)c2ccc(CCNS(C)(=O)=O)cc2)s1. The molecule has 10 heteroatoms. The van der Waals surface area contributed by atoms with E-state index in [0.717, 1.165) is 21.9 Å². The number of benzene rings is 1. The fraction of sp³-hybridized carbons (Fsp3) is 0.357. The maximum atomic E-state index is 12.2. The zero-order valence-corrected chi connectivity index (χ0v) is 15.7. The van der Waals surface area contributed by atoms with Gasteiger partial charge >= 0.3 is 0 Å². The highest BCUT2D eigenvalue weighted by Gasteiger charge is 2.10. The monoisotopic (exact) mass is 386 g/mol. The van der Waals surface area contributed by atoms with Gasteiger partial charge in [-0.15, -0.1) is 10.2 Å². The smallest absolute Gasteiger partial charge is 0.257 e. The molecule has 2 N–H and O–H groups in total. The Morgan fingerprint density at radius 1 is 1.25 bits per heavy atom. The van der Waals surface area contributed by atoms with Crippen molar-refractivity contribution in [1.29, 1.82) is 0 Å². The Balaban J connectivity index is 1.90. The first-order valence-corrected chi connectivity index (χ1v) is 10.9. The van der Waals surface area contributed by atoms with Crippen molar-refractivity contribution in [3.05, 3.63) is 35.4 Å². The number of amides is 1. The molecule has 0 radical (unpaired) electrons. The van der Waals surface area contributed by atoms with Crippen molar-refractivity contribution >= 4 is 44.2 Å². The van der Waals surface area contributed by atoms with E-state index in [1.165, 1.54) is 11.3 Å². The molecule has 0 unspecified atom stereocenters. The number of hydrogen-bond donors (Lipinski definition) is 2. The van der Waals surface area contributed by atoms with E-state index >= 15 is 0 Å². The van der Waals surface area contributed by atoms with Crippen LogP contribution in [0.5, 0.6) is 0 Å². The molecular weight excluding hydrogens is 368 g/mol. The van der Waals surface area contributed by atoms with Gasteiger partial charge in [-0.1, -0.05) is 42.2 Å². The predicted octanol–water partition coefficient (Wildman–Crippen LogP) is 1.99. The van der Waals surface area contributed by atoms with Crippen molar-refractivity contribution < 1.29 is 13.2 Å². The first-order valence-electron chi connectivity index (χ1n) is 7.18. The number of hydrogen-bond acceptors (Lipinski definition) is 7. The van der Waals surface area contributed by atoms with Gasteiger partial charge in [0.15, 0.2) is 4.34 Å². The highest BCUT2D eigenvalue weighted by Crippen LogP contribution is 2.25. The lowest BCUT2D eigenvalue weighted by atomic mass is 10.1. The van der Waals surface area contributed by atoms with Gasteiger partial charge in [0.2, 0.25) is 15.2 Å². The van der Waals surface area contributed by atoms with Crippen molar-refractivity contribution in [1.82, 2.24) is 14.9 Å². The third kappa shape index (κ3) is 6.19. The Kier molecular flexibility index (Phi) is 6.72. The lowest BCUT2D eigenvalue weighted by Crippen LogP contribution is -2.24. The minimum absolute atomic E-state index is 0.250. The molecule has 1 amide bonds. The molecule has 130 valence electrons. The number of aromatic nitrogens is 2. The number of carbonyl (C=O) groups excluding carboxylic acids is 1. The minimum Gasteiger partial charge on any atom is -0.296 e. The summed E-state index contributed by atoms with van der Waals surface area (Å²) in [6.07, 6.45) is 1.68. The van der Waals surface area contributed by atoms with Gasteiger partial charge < -0.3 is 0 Å². The number of anilines is 1. The Labute approximate surface area is 149 Å². The van der Waals surface area contributed by atoms with Crippen LogP contribution in [0.3, 0.4) is 0 Å². The Bertz CT molecular complexity index is 788. The molecule has 1 heterocycles. The standard InChI is InChI=1S/C14H18N4O3S3/c1-3-22-14-18-17-13(23-14)16-12(19)11-6-4-10(5-7-11)8-9-15-24(2,20)21/h4-7,15H,3,8-9H2,1-2H3,(H,16,17,19). The van der Waals surface area contributed by atoms with Crippen LogP contribution in [0.2, 0.25) is 0 Å². The predicted molar refractivity (Wildman–Crippen MR) is 97.3 cm³/mol. The van der Waals surface area contributed by atoms with E-state index in [0.29, 0.717) is 23.7 Å². The quantitative estimate of drug-likeness (QED) is 0.531. The van der Waals surface area contributed by atoms with Gasteiger partial charge in [0.25, 0.3) is 5.91 Å². The highest BCUT2D eigenvalue weighted by molar-refractivity contribution is 8.01. The average molecular weight is 387 g/mol. The van der Waals surface area contributed by atoms with Gasteiger partial charge in [-0.2, -0.15) is 0 Å². The van der Waals surface area contributed by atoms with Crippen LogP contribution in [0.15, 0.2) is 28.6 Å². The average Bonchev–Trinajstić information content (AvgIpc) is 2.94. The van der Waals surface area contributed by atoms with Gasteiger partial charge in [-0.05, 0) is 29.9 Å². The molecule has 0 spiro atoms. The van der Waals surface area contributed by atoms with Crippen LogP contribution in [0, 0.1) is 0 Å². The molecule has 0 aliphatic rings. The van der Waals surface area contributed by atoms with Crippen LogP contribution in [0.25, 0.3) is 0 Å². The van der Waals surface area contributed by atoms with E-state index in [2.05, 4.69) is 20.2 Å². The normalized spacial score (nSPS) is 11.4. The molecule has 1 aromatic carbocycles. The van der Waals surface area contributed by atoms with Crippen molar-refractivity contribution in [2.75, 3.05) is 23.9 Å². The molecule has 24 heavy (non-hydrogen) atoms. The van der Waals surface area contributed by atoms with Gasteiger partial charge in [0.1, 0.15) is 0 Å². The number of nitrogens with one attached hydrogen (secondary N) is 2. The van der Waals surface area contributed by atoms with Crippen LogP contribution in [0.4, 0.5) is 5.13 Å². The van der Waals surface area contributed by atoms with E-state index in [9.17, 15) is 13.2 Å². The van der Waals surface area contributed by atoms with Crippen LogP contribution < -0.4 is 10.0 Å². The third-order valence-corrected chi connectivity index (χ3v) is 5.47. The van der Waals surface area contributed by atoms with Crippen molar-refractivity contribution in [3.63, 3.8) is 0 Å². The van der Waals surface area contributed by atoms with Gasteiger partial charge in [-0.3, -0.25) is 10.1 Å². The molecular formula is C14H18N4O3S3. The Hall–Kier alpha value is -1.49. The largest absolute Gasteiger partial charge is 0.296 e. The molecule has 0 bridgehead atoms. The van der Waals surface area contributed by atoms with E-state index in [-0.39, 0.29) is 5.91 Å². The molecule has 7 nitrogen and oxygen atoms in total. The number of nitrogens with zero attached hydrogens (tertiary/aromatic N) is 2. The summed E-state index contributed by atoms with van der Waals surface area (Å²) < 4.78 is 25.3. The van der Waals surface area contributed by atoms with E-state index in [4.69, 9.17) is 0 Å². The van der Waals surface area contributed by atoms with Crippen LogP contribution in [-0.2, 0) is 16.4 Å². The van der Waals surface area contributed by atoms with Crippen LogP contribution >= 0.6 is 23.1 Å². The molecule has 1 aromatic heterocycles. The third-order valence-electron chi connectivity index (χ3n) is 2.89. The van der Waals surface area contributed by atoms with Gasteiger partial charge in [0, 0.05) is 12.1 Å². The fourth-order valence-corrected chi connectivity index (χ4v) is 3.93. The Morgan fingerprint density at radius 2 is 1.96 bits per heavy atom. The lowest BCUT2D eigenvalue weighted by molar-refractivity contribution is 0.102. The molecule has 0 atom stereocenters. The summed E-state index contributed by atoms with van der Waals surface area (Å²) in [6, 6.07) is 7.01. The molecule has 0 saturated carbocycles.